The number of benzene rings is 2. The molecule has 2 heterocycles. The lowest BCUT2D eigenvalue weighted by Gasteiger charge is -2.32. The zero-order chi connectivity index (χ0) is 22.0. The summed E-state index contributed by atoms with van der Waals surface area (Å²) in [7, 11) is 1.34. The summed E-state index contributed by atoms with van der Waals surface area (Å²) >= 11 is 0. The molecule has 1 N–H and O–H groups in total. The Morgan fingerprint density at radius 3 is 2.32 bits per heavy atom. The molecule has 0 aromatic heterocycles. The van der Waals surface area contributed by atoms with E-state index in [2.05, 4.69) is 12.2 Å². The number of hydrazine groups is 1. The van der Waals surface area contributed by atoms with Gasteiger partial charge in [-0.3, -0.25) is 14.6 Å². The van der Waals surface area contributed by atoms with E-state index in [1.54, 1.807) is 24.3 Å². The van der Waals surface area contributed by atoms with Gasteiger partial charge in [0.15, 0.2) is 0 Å². The van der Waals surface area contributed by atoms with Crippen molar-refractivity contribution < 1.29 is 19.1 Å². The van der Waals surface area contributed by atoms with E-state index in [1.807, 2.05) is 41.4 Å². The number of ether oxygens (including phenoxy) is 1. The van der Waals surface area contributed by atoms with Crippen LogP contribution in [0.4, 0.5) is 0 Å². The molecule has 7 nitrogen and oxygen atoms in total. The second-order valence-corrected chi connectivity index (χ2v) is 7.95. The SMILES string of the molecule is CCC[C@H]1C[C@H](C(=O)OC)N2C(=O)[C@H](NC(=O)c3ccccc3)[C@@H](c3ccccc3)N12. The van der Waals surface area contributed by atoms with Gasteiger partial charge in [0, 0.05) is 11.6 Å². The average molecular weight is 421 g/mol. The Hall–Kier alpha value is -3.19. The van der Waals surface area contributed by atoms with Crippen molar-refractivity contribution in [1.29, 1.82) is 0 Å². The van der Waals surface area contributed by atoms with E-state index < -0.39 is 24.1 Å². The summed E-state index contributed by atoms with van der Waals surface area (Å²) in [6, 6.07) is 16.6. The molecule has 162 valence electrons. The second-order valence-electron chi connectivity index (χ2n) is 7.95. The molecule has 2 saturated heterocycles. The van der Waals surface area contributed by atoms with Crippen LogP contribution in [-0.4, -0.2) is 53.0 Å². The third-order valence-electron chi connectivity index (χ3n) is 6.06. The highest BCUT2D eigenvalue weighted by Gasteiger charge is 2.58. The highest BCUT2D eigenvalue weighted by Crippen LogP contribution is 2.44. The molecule has 0 bridgehead atoms. The Bertz CT molecular complexity index is 950. The number of rotatable bonds is 6. The van der Waals surface area contributed by atoms with Crippen LogP contribution in [0.1, 0.15) is 48.1 Å². The second kappa shape index (κ2) is 8.89. The zero-order valence-corrected chi connectivity index (χ0v) is 17.7. The van der Waals surface area contributed by atoms with Crippen LogP contribution in [0.5, 0.6) is 0 Å². The summed E-state index contributed by atoms with van der Waals surface area (Å²) < 4.78 is 5.00. The number of esters is 1. The summed E-state index contributed by atoms with van der Waals surface area (Å²) in [5, 5.41) is 6.46. The molecule has 0 aliphatic carbocycles. The normalized spacial score (nSPS) is 25.4. The maximum Gasteiger partial charge on any atom is 0.330 e. The smallest absolute Gasteiger partial charge is 0.330 e. The van der Waals surface area contributed by atoms with Crippen molar-refractivity contribution in [2.75, 3.05) is 7.11 Å². The Labute approximate surface area is 181 Å². The molecule has 2 aromatic rings. The van der Waals surface area contributed by atoms with Crippen LogP contribution in [0.25, 0.3) is 0 Å². The minimum absolute atomic E-state index is 0.00174. The number of hydrogen-bond donors (Lipinski definition) is 1. The largest absolute Gasteiger partial charge is 0.467 e. The van der Waals surface area contributed by atoms with E-state index in [0.717, 1.165) is 18.4 Å². The Balaban J connectivity index is 1.74. The molecule has 0 unspecified atom stereocenters. The van der Waals surface area contributed by atoms with Crippen LogP contribution in [-0.2, 0) is 14.3 Å². The van der Waals surface area contributed by atoms with Crippen LogP contribution >= 0.6 is 0 Å². The van der Waals surface area contributed by atoms with E-state index in [9.17, 15) is 14.4 Å². The third kappa shape index (κ3) is 3.81. The first kappa shape index (κ1) is 21.1. The van der Waals surface area contributed by atoms with Crippen LogP contribution < -0.4 is 5.32 Å². The molecule has 7 heteroatoms. The maximum atomic E-state index is 13.6. The summed E-state index contributed by atoms with van der Waals surface area (Å²) in [6.07, 6.45) is 2.27. The number of nitrogens with zero attached hydrogens (tertiary/aromatic N) is 2. The number of methoxy groups -OCH3 is 1. The Morgan fingerprint density at radius 2 is 1.71 bits per heavy atom. The summed E-state index contributed by atoms with van der Waals surface area (Å²) in [4.78, 5) is 39.0. The molecule has 2 fully saturated rings. The number of nitrogens with one attached hydrogen (secondary N) is 1. The first-order chi connectivity index (χ1) is 15.1. The molecule has 0 radical (unpaired) electrons. The monoisotopic (exact) mass is 421 g/mol. The van der Waals surface area contributed by atoms with Crippen LogP contribution in [0.2, 0.25) is 0 Å². The van der Waals surface area contributed by atoms with Gasteiger partial charge in [-0.05, 0) is 30.5 Å². The van der Waals surface area contributed by atoms with Gasteiger partial charge in [-0.2, -0.15) is 0 Å². The maximum absolute atomic E-state index is 13.6. The quantitative estimate of drug-likeness (QED) is 0.726. The molecule has 2 aromatic carbocycles. The molecule has 0 saturated carbocycles. The van der Waals surface area contributed by atoms with E-state index in [1.165, 1.54) is 12.1 Å². The number of amides is 2. The van der Waals surface area contributed by atoms with Gasteiger partial charge in [0.2, 0.25) is 0 Å². The predicted octanol–water partition coefficient (Wildman–Crippen LogP) is 2.70. The van der Waals surface area contributed by atoms with E-state index in [-0.39, 0.29) is 17.9 Å². The van der Waals surface area contributed by atoms with Crippen molar-refractivity contribution in [3.63, 3.8) is 0 Å². The zero-order valence-electron chi connectivity index (χ0n) is 17.7. The van der Waals surface area contributed by atoms with Gasteiger partial charge in [-0.1, -0.05) is 61.9 Å². The standard InChI is InChI=1S/C24H27N3O4/c1-3-10-18-15-19(24(30)31-2)27-23(29)20(25-22(28)17-13-8-5-9-14-17)21(26(18)27)16-11-6-4-7-12-16/h4-9,11-14,18-21H,3,10,15H2,1-2H3,(H,25,28)/t18-,19+,20+,21+/m0/s1. The van der Waals surface area contributed by atoms with E-state index in [4.69, 9.17) is 4.74 Å². The molecule has 4 rings (SSSR count). The summed E-state index contributed by atoms with van der Waals surface area (Å²) in [6.45, 7) is 2.08. The van der Waals surface area contributed by atoms with Crippen molar-refractivity contribution in [3.8, 4) is 0 Å². The van der Waals surface area contributed by atoms with Crippen LogP contribution in [0.3, 0.4) is 0 Å². The molecular formula is C24H27N3O4. The molecule has 31 heavy (non-hydrogen) atoms. The summed E-state index contributed by atoms with van der Waals surface area (Å²) in [5.41, 5.74) is 1.40. The minimum Gasteiger partial charge on any atom is -0.467 e. The lowest BCUT2D eigenvalue weighted by atomic mass is 9.95. The van der Waals surface area contributed by atoms with Gasteiger partial charge in [0.25, 0.3) is 11.8 Å². The highest BCUT2D eigenvalue weighted by molar-refractivity contribution is 5.99. The van der Waals surface area contributed by atoms with Crippen molar-refractivity contribution >= 4 is 17.8 Å². The fraction of sp³-hybridized carbons (Fsp3) is 0.375. The van der Waals surface area contributed by atoms with Crippen LogP contribution in [0, 0.1) is 0 Å². The molecule has 4 atom stereocenters. The van der Waals surface area contributed by atoms with Crippen LogP contribution in [0.15, 0.2) is 60.7 Å². The Morgan fingerprint density at radius 1 is 1.06 bits per heavy atom. The van der Waals surface area contributed by atoms with E-state index in [0.29, 0.717) is 12.0 Å². The van der Waals surface area contributed by atoms with Gasteiger partial charge >= 0.3 is 5.97 Å². The van der Waals surface area contributed by atoms with Gasteiger partial charge in [0.1, 0.15) is 12.1 Å². The minimum atomic E-state index is -0.804. The topological polar surface area (TPSA) is 79.0 Å². The van der Waals surface area contributed by atoms with Crippen molar-refractivity contribution in [2.24, 2.45) is 0 Å². The fourth-order valence-corrected chi connectivity index (χ4v) is 4.73. The van der Waals surface area contributed by atoms with Crippen molar-refractivity contribution in [1.82, 2.24) is 15.3 Å². The third-order valence-corrected chi connectivity index (χ3v) is 6.06. The fourth-order valence-electron chi connectivity index (χ4n) is 4.73. The molecule has 0 spiro atoms. The molecule has 2 aliphatic heterocycles. The van der Waals surface area contributed by atoms with Gasteiger partial charge < -0.3 is 10.1 Å². The average Bonchev–Trinajstić information content (AvgIpc) is 3.31. The lowest BCUT2D eigenvalue weighted by Crippen LogP contribution is -2.47. The first-order valence-corrected chi connectivity index (χ1v) is 10.7. The molecule has 2 aliphatic rings. The molecular weight excluding hydrogens is 394 g/mol. The number of fused-ring (bicyclic) bond motifs is 1. The van der Waals surface area contributed by atoms with Gasteiger partial charge in [-0.15, -0.1) is 0 Å². The summed E-state index contributed by atoms with van der Waals surface area (Å²) in [5.74, 6) is -1.03. The number of hydrogen-bond acceptors (Lipinski definition) is 5. The number of carbonyl (C=O) groups excluding carboxylic acids is 3. The van der Waals surface area contributed by atoms with Crippen molar-refractivity contribution in [2.45, 2.75) is 50.4 Å². The molecule has 2 amide bonds. The van der Waals surface area contributed by atoms with Crippen molar-refractivity contribution in [3.05, 3.63) is 71.8 Å². The van der Waals surface area contributed by atoms with Gasteiger partial charge in [-0.25, -0.2) is 9.80 Å². The van der Waals surface area contributed by atoms with E-state index >= 15 is 0 Å². The predicted molar refractivity (Wildman–Crippen MR) is 115 cm³/mol. The lowest BCUT2D eigenvalue weighted by molar-refractivity contribution is -0.157. The number of carbonyl (C=O) groups is 3. The Kier molecular flexibility index (Phi) is 6.04. The highest BCUT2D eigenvalue weighted by atomic mass is 16.5. The van der Waals surface area contributed by atoms with Gasteiger partial charge in [0.05, 0.1) is 13.2 Å². The first-order valence-electron chi connectivity index (χ1n) is 10.7.